The van der Waals surface area contributed by atoms with E-state index >= 15 is 0 Å². The molecule has 3 rings (SSSR count). The van der Waals surface area contributed by atoms with E-state index in [1.165, 1.54) is 5.39 Å². The average Bonchev–Trinajstić information content (AvgIpc) is 2.39. The summed E-state index contributed by atoms with van der Waals surface area (Å²) in [4.78, 5) is 0. The third kappa shape index (κ3) is 2.01. The van der Waals surface area contributed by atoms with Crippen molar-refractivity contribution in [2.75, 3.05) is 0 Å². The van der Waals surface area contributed by atoms with Crippen molar-refractivity contribution in [3.63, 3.8) is 0 Å². The van der Waals surface area contributed by atoms with E-state index in [4.69, 9.17) is 0 Å². The molecule has 0 unspecified atom stereocenters. The molecular formula is C12H7BrN4. The first-order valence-electron chi connectivity index (χ1n) is 5.05. The van der Waals surface area contributed by atoms with Crippen LogP contribution < -0.4 is 0 Å². The Morgan fingerprint density at radius 3 is 2.24 bits per heavy atom. The summed E-state index contributed by atoms with van der Waals surface area (Å²) in [7, 11) is 0. The molecule has 5 heteroatoms. The fourth-order valence-electron chi connectivity index (χ4n) is 1.66. The molecule has 0 spiro atoms. The highest BCUT2D eigenvalue weighted by Crippen LogP contribution is 2.21. The SMILES string of the molecule is Brc1nnc(-c2ccc3ccccc3c2)nn1. The van der Waals surface area contributed by atoms with Crippen LogP contribution in [0, 0.1) is 0 Å². The molecule has 0 aliphatic heterocycles. The Hall–Kier alpha value is -1.88. The summed E-state index contributed by atoms with van der Waals surface area (Å²) in [5.74, 6) is 0.527. The molecule has 3 aromatic rings. The summed E-state index contributed by atoms with van der Waals surface area (Å²) in [6.07, 6.45) is 0. The van der Waals surface area contributed by atoms with Crippen molar-refractivity contribution in [2.24, 2.45) is 0 Å². The Morgan fingerprint density at radius 1 is 0.765 bits per heavy atom. The second-order valence-corrected chi connectivity index (χ2v) is 4.26. The number of fused-ring (bicyclic) bond motifs is 1. The van der Waals surface area contributed by atoms with Gasteiger partial charge >= 0.3 is 0 Å². The molecule has 4 nitrogen and oxygen atoms in total. The van der Waals surface area contributed by atoms with Gasteiger partial charge in [-0.05, 0) is 32.8 Å². The Bertz CT molecular complexity index is 667. The average molecular weight is 287 g/mol. The topological polar surface area (TPSA) is 51.6 Å². The molecule has 1 heterocycles. The fourth-order valence-corrected chi connectivity index (χ4v) is 1.82. The predicted molar refractivity (Wildman–Crippen MR) is 68.3 cm³/mol. The second kappa shape index (κ2) is 4.18. The summed E-state index contributed by atoms with van der Waals surface area (Å²) in [6.45, 7) is 0. The minimum atomic E-state index is 0.391. The molecule has 0 fully saturated rings. The third-order valence-electron chi connectivity index (χ3n) is 2.46. The van der Waals surface area contributed by atoms with Crippen LogP contribution in [-0.4, -0.2) is 20.4 Å². The molecular weight excluding hydrogens is 280 g/mol. The molecule has 82 valence electrons. The zero-order valence-corrected chi connectivity index (χ0v) is 10.3. The first-order valence-corrected chi connectivity index (χ1v) is 5.84. The summed E-state index contributed by atoms with van der Waals surface area (Å²) in [5.41, 5.74) is 0.913. The van der Waals surface area contributed by atoms with Crippen LogP contribution in [-0.2, 0) is 0 Å². The van der Waals surface area contributed by atoms with Gasteiger partial charge in [-0.2, -0.15) is 0 Å². The van der Waals surface area contributed by atoms with Crippen molar-refractivity contribution in [1.29, 1.82) is 0 Å². The summed E-state index contributed by atoms with van der Waals surface area (Å²) in [6, 6.07) is 14.2. The largest absolute Gasteiger partial charge is 0.238 e. The van der Waals surface area contributed by atoms with Crippen molar-refractivity contribution >= 4 is 26.7 Å². The second-order valence-electron chi connectivity index (χ2n) is 3.55. The van der Waals surface area contributed by atoms with E-state index < -0.39 is 0 Å². The molecule has 0 saturated heterocycles. The number of hydrogen-bond acceptors (Lipinski definition) is 4. The van der Waals surface area contributed by atoms with Crippen LogP contribution in [0.2, 0.25) is 0 Å². The maximum atomic E-state index is 3.98. The van der Waals surface area contributed by atoms with Gasteiger partial charge in [0.15, 0.2) is 0 Å². The molecule has 0 aliphatic rings. The number of rotatable bonds is 1. The van der Waals surface area contributed by atoms with Gasteiger partial charge in [0.2, 0.25) is 10.6 Å². The maximum absolute atomic E-state index is 3.98. The maximum Gasteiger partial charge on any atom is 0.238 e. The van der Waals surface area contributed by atoms with Crippen LogP contribution in [0.5, 0.6) is 0 Å². The third-order valence-corrected chi connectivity index (χ3v) is 2.78. The highest BCUT2D eigenvalue weighted by Gasteiger charge is 2.03. The Labute approximate surface area is 106 Å². The molecule has 2 aromatic carbocycles. The number of hydrogen-bond donors (Lipinski definition) is 0. The van der Waals surface area contributed by atoms with Crippen LogP contribution in [0.15, 0.2) is 47.2 Å². The van der Waals surface area contributed by atoms with E-state index in [1.54, 1.807) is 0 Å². The van der Waals surface area contributed by atoms with Crippen LogP contribution in [0.25, 0.3) is 22.2 Å². The molecule has 17 heavy (non-hydrogen) atoms. The number of aromatic nitrogens is 4. The molecule has 0 N–H and O–H groups in total. The molecule has 1 aromatic heterocycles. The van der Waals surface area contributed by atoms with Gasteiger partial charge in [-0.15, -0.1) is 20.4 Å². The van der Waals surface area contributed by atoms with Crippen molar-refractivity contribution < 1.29 is 0 Å². The molecule has 0 aliphatic carbocycles. The van der Waals surface area contributed by atoms with Gasteiger partial charge in [0.1, 0.15) is 0 Å². The summed E-state index contributed by atoms with van der Waals surface area (Å²) < 4.78 is 0.391. The molecule has 0 bridgehead atoms. The van der Waals surface area contributed by atoms with Gasteiger partial charge in [-0.3, -0.25) is 0 Å². The lowest BCUT2D eigenvalue weighted by Crippen LogP contribution is -1.96. The highest BCUT2D eigenvalue weighted by molar-refractivity contribution is 9.10. The van der Waals surface area contributed by atoms with E-state index in [9.17, 15) is 0 Å². The zero-order chi connectivity index (χ0) is 11.7. The number of nitrogens with zero attached hydrogens (tertiary/aromatic N) is 4. The standard InChI is InChI=1S/C12H7BrN4/c13-12-16-14-11(15-17-12)10-6-5-8-3-1-2-4-9(8)7-10/h1-7H. The van der Waals surface area contributed by atoms with Crippen molar-refractivity contribution in [1.82, 2.24) is 20.4 Å². The van der Waals surface area contributed by atoms with Gasteiger partial charge < -0.3 is 0 Å². The zero-order valence-electron chi connectivity index (χ0n) is 8.71. The normalized spacial score (nSPS) is 10.6. The minimum absolute atomic E-state index is 0.391. The first kappa shape index (κ1) is 10.3. The quantitative estimate of drug-likeness (QED) is 0.690. The number of benzene rings is 2. The van der Waals surface area contributed by atoms with Gasteiger partial charge in [0, 0.05) is 5.56 Å². The Kier molecular flexibility index (Phi) is 2.53. The van der Waals surface area contributed by atoms with E-state index in [0.29, 0.717) is 10.6 Å². The van der Waals surface area contributed by atoms with E-state index in [1.807, 2.05) is 30.3 Å². The van der Waals surface area contributed by atoms with Crippen LogP contribution in [0.3, 0.4) is 0 Å². The Balaban J connectivity index is 2.14. The monoisotopic (exact) mass is 286 g/mol. The van der Waals surface area contributed by atoms with Gasteiger partial charge in [0.25, 0.3) is 0 Å². The van der Waals surface area contributed by atoms with Crippen molar-refractivity contribution in [3.05, 3.63) is 47.2 Å². The van der Waals surface area contributed by atoms with Crippen LogP contribution in [0.1, 0.15) is 0 Å². The van der Waals surface area contributed by atoms with Gasteiger partial charge in [-0.1, -0.05) is 36.4 Å². The molecule has 0 saturated carbocycles. The smallest absolute Gasteiger partial charge is 0.125 e. The van der Waals surface area contributed by atoms with Crippen molar-refractivity contribution in [3.8, 4) is 11.4 Å². The first-order chi connectivity index (χ1) is 8.33. The van der Waals surface area contributed by atoms with Gasteiger partial charge in [0.05, 0.1) is 0 Å². The summed E-state index contributed by atoms with van der Waals surface area (Å²) >= 11 is 3.11. The van der Waals surface area contributed by atoms with E-state index in [2.05, 4.69) is 48.5 Å². The molecule has 0 atom stereocenters. The predicted octanol–water partition coefficient (Wildman–Crippen LogP) is 2.85. The lowest BCUT2D eigenvalue weighted by atomic mass is 10.1. The van der Waals surface area contributed by atoms with Crippen LogP contribution >= 0.6 is 15.9 Å². The fraction of sp³-hybridized carbons (Fsp3) is 0. The molecule has 0 amide bonds. The summed E-state index contributed by atoms with van der Waals surface area (Å²) in [5, 5.41) is 18.0. The highest BCUT2D eigenvalue weighted by atomic mass is 79.9. The molecule has 0 radical (unpaired) electrons. The Morgan fingerprint density at radius 2 is 1.47 bits per heavy atom. The minimum Gasteiger partial charge on any atom is -0.125 e. The van der Waals surface area contributed by atoms with E-state index in [-0.39, 0.29) is 0 Å². The lowest BCUT2D eigenvalue weighted by molar-refractivity contribution is 0.835. The lowest BCUT2D eigenvalue weighted by Gasteiger charge is -2.01. The number of halogens is 1. The van der Waals surface area contributed by atoms with Crippen LogP contribution in [0.4, 0.5) is 0 Å². The van der Waals surface area contributed by atoms with E-state index in [0.717, 1.165) is 10.9 Å². The van der Waals surface area contributed by atoms with Crippen molar-refractivity contribution in [2.45, 2.75) is 0 Å². The van der Waals surface area contributed by atoms with Gasteiger partial charge in [-0.25, -0.2) is 0 Å².